The van der Waals surface area contributed by atoms with Crippen LogP contribution in [-0.2, 0) is 0 Å². The minimum Gasteiger partial charge on any atom is -0.308 e. The van der Waals surface area contributed by atoms with Crippen molar-refractivity contribution in [2.75, 3.05) is 7.05 Å². The van der Waals surface area contributed by atoms with Crippen LogP contribution < -0.4 is 5.32 Å². The third-order valence-electron chi connectivity index (χ3n) is 2.75. The summed E-state index contributed by atoms with van der Waals surface area (Å²) in [5, 5.41) is 12.0. The maximum Gasteiger partial charge on any atom is 0.141 e. The van der Waals surface area contributed by atoms with Crippen molar-refractivity contribution in [2.24, 2.45) is 0 Å². The molecule has 0 bridgehead atoms. The first kappa shape index (κ1) is 13.5. The van der Waals surface area contributed by atoms with Gasteiger partial charge in [0.15, 0.2) is 0 Å². The predicted molar refractivity (Wildman–Crippen MR) is 71.3 cm³/mol. The largest absolute Gasteiger partial charge is 0.308 e. The Labute approximate surface area is 115 Å². The molecule has 2 rings (SSSR count). The predicted octanol–water partition coefficient (Wildman–Crippen LogP) is 3.05. The summed E-state index contributed by atoms with van der Waals surface area (Å²) < 4.78 is 13.2. The lowest BCUT2D eigenvalue weighted by atomic mass is 10.0. The molecule has 1 aromatic heterocycles. The van der Waals surface area contributed by atoms with Crippen molar-refractivity contribution < 1.29 is 4.39 Å². The lowest BCUT2D eigenvalue weighted by molar-refractivity contribution is 0.622. The highest BCUT2D eigenvalue weighted by Crippen LogP contribution is 2.24. The SMILES string of the molecule is CNC(c1ccc(F)c(Cl)c1)c1cccc(C#N)n1. The zero-order valence-corrected chi connectivity index (χ0v) is 10.9. The summed E-state index contributed by atoms with van der Waals surface area (Å²) in [6.45, 7) is 0. The molecular formula is C14H11ClFN3. The maximum atomic E-state index is 13.2. The third kappa shape index (κ3) is 2.90. The molecule has 0 amide bonds. The summed E-state index contributed by atoms with van der Waals surface area (Å²) in [4.78, 5) is 4.23. The van der Waals surface area contributed by atoms with Crippen LogP contribution in [0.1, 0.15) is 23.0 Å². The Morgan fingerprint density at radius 2 is 2.16 bits per heavy atom. The van der Waals surface area contributed by atoms with Gasteiger partial charge in [-0.2, -0.15) is 5.26 Å². The number of nitrogens with one attached hydrogen (secondary N) is 1. The highest BCUT2D eigenvalue weighted by atomic mass is 35.5. The van der Waals surface area contributed by atoms with Crippen LogP contribution >= 0.6 is 11.6 Å². The third-order valence-corrected chi connectivity index (χ3v) is 3.04. The van der Waals surface area contributed by atoms with Crippen LogP contribution in [0.5, 0.6) is 0 Å². The first-order chi connectivity index (χ1) is 9.15. The van der Waals surface area contributed by atoms with Crippen LogP contribution in [-0.4, -0.2) is 12.0 Å². The second-order valence-corrected chi connectivity index (χ2v) is 4.36. The van der Waals surface area contributed by atoms with E-state index in [4.69, 9.17) is 16.9 Å². The molecular weight excluding hydrogens is 265 g/mol. The second kappa shape index (κ2) is 5.79. The Morgan fingerprint density at radius 3 is 2.79 bits per heavy atom. The molecule has 1 aromatic carbocycles. The van der Waals surface area contributed by atoms with Gasteiger partial charge >= 0.3 is 0 Å². The number of benzene rings is 1. The smallest absolute Gasteiger partial charge is 0.141 e. The summed E-state index contributed by atoms with van der Waals surface area (Å²) in [5.41, 5.74) is 1.81. The van der Waals surface area contributed by atoms with Gasteiger partial charge in [-0.1, -0.05) is 23.7 Å². The van der Waals surface area contributed by atoms with E-state index in [1.165, 1.54) is 6.07 Å². The lowest BCUT2D eigenvalue weighted by Gasteiger charge is -2.16. The molecule has 0 aliphatic heterocycles. The van der Waals surface area contributed by atoms with E-state index in [2.05, 4.69) is 10.3 Å². The van der Waals surface area contributed by atoms with Crippen molar-refractivity contribution in [3.8, 4) is 6.07 Å². The number of rotatable bonds is 3. The topological polar surface area (TPSA) is 48.7 Å². The summed E-state index contributed by atoms with van der Waals surface area (Å²) in [6.07, 6.45) is 0. The van der Waals surface area contributed by atoms with Gasteiger partial charge in [0.05, 0.1) is 16.8 Å². The molecule has 5 heteroatoms. The summed E-state index contributed by atoms with van der Waals surface area (Å²) >= 11 is 5.79. The van der Waals surface area contributed by atoms with Crippen LogP contribution in [0.4, 0.5) is 4.39 Å². The number of pyridine rings is 1. The minimum atomic E-state index is -0.459. The molecule has 0 spiro atoms. The van der Waals surface area contributed by atoms with Crippen molar-refractivity contribution in [3.05, 3.63) is 64.2 Å². The van der Waals surface area contributed by atoms with Crippen LogP contribution in [0, 0.1) is 17.1 Å². The Bertz CT molecular complexity index is 637. The monoisotopic (exact) mass is 275 g/mol. The summed E-state index contributed by atoms with van der Waals surface area (Å²) in [5.74, 6) is -0.459. The standard InChI is InChI=1S/C14H11ClFN3/c1-18-14(9-5-6-12(16)11(15)7-9)13-4-2-3-10(8-17)19-13/h2-7,14,18H,1H3. The molecule has 0 radical (unpaired) electrons. The van der Waals surface area contributed by atoms with E-state index in [0.29, 0.717) is 11.4 Å². The molecule has 1 N–H and O–H groups in total. The minimum absolute atomic E-state index is 0.0641. The summed E-state index contributed by atoms with van der Waals surface area (Å²) in [7, 11) is 1.77. The molecule has 0 saturated heterocycles. The van der Waals surface area contributed by atoms with Crippen LogP contribution in [0.25, 0.3) is 0 Å². The van der Waals surface area contributed by atoms with Gasteiger partial charge in [-0.25, -0.2) is 9.37 Å². The molecule has 1 heterocycles. The lowest BCUT2D eigenvalue weighted by Crippen LogP contribution is -2.19. The number of aromatic nitrogens is 1. The maximum absolute atomic E-state index is 13.2. The van der Waals surface area contributed by atoms with Crippen molar-refractivity contribution in [3.63, 3.8) is 0 Å². The zero-order valence-electron chi connectivity index (χ0n) is 10.2. The van der Waals surface area contributed by atoms with Gasteiger partial charge in [-0.3, -0.25) is 0 Å². The van der Waals surface area contributed by atoms with E-state index in [-0.39, 0.29) is 11.1 Å². The number of halogens is 2. The highest BCUT2D eigenvalue weighted by molar-refractivity contribution is 6.30. The van der Waals surface area contributed by atoms with E-state index in [9.17, 15) is 4.39 Å². The Morgan fingerprint density at radius 1 is 1.37 bits per heavy atom. The molecule has 19 heavy (non-hydrogen) atoms. The highest BCUT2D eigenvalue weighted by Gasteiger charge is 2.15. The molecule has 3 nitrogen and oxygen atoms in total. The first-order valence-corrected chi connectivity index (χ1v) is 6.02. The fraction of sp³-hybridized carbons (Fsp3) is 0.143. The summed E-state index contributed by atoms with van der Waals surface area (Å²) in [6, 6.07) is 11.5. The molecule has 1 unspecified atom stereocenters. The van der Waals surface area contributed by atoms with Gasteiger partial charge in [0.1, 0.15) is 17.6 Å². The Kier molecular flexibility index (Phi) is 4.10. The average Bonchev–Trinajstić information content (AvgIpc) is 2.44. The van der Waals surface area contributed by atoms with Crippen molar-refractivity contribution in [2.45, 2.75) is 6.04 Å². The van der Waals surface area contributed by atoms with E-state index in [1.807, 2.05) is 6.07 Å². The normalized spacial score (nSPS) is 11.9. The van der Waals surface area contributed by atoms with Gasteiger partial charge < -0.3 is 5.32 Å². The number of nitriles is 1. The fourth-order valence-electron chi connectivity index (χ4n) is 1.85. The molecule has 0 aliphatic carbocycles. The molecule has 0 saturated carbocycles. The van der Waals surface area contributed by atoms with Gasteiger partial charge in [0.25, 0.3) is 0 Å². The molecule has 2 aromatic rings. The van der Waals surface area contributed by atoms with E-state index in [1.54, 1.807) is 37.4 Å². The van der Waals surface area contributed by atoms with E-state index in [0.717, 1.165) is 5.56 Å². The van der Waals surface area contributed by atoms with Crippen molar-refractivity contribution >= 4 is 11.6 Å². The van der Waals surface area contributed by atoms with Crippen molar-refractivity contribution in [1.82, 2.24) is 10.3 Å². The number of hydrogen-bond acceptors (Lipinski definition) is 3. The zero-order chi connectivity index (χ0) is 13.8. The van der Waals surface area contributed by atoms with Crippen LogP contribution in [0.3, 0.4) is 0 Å². The van der Waals surface area contributed by atoms with Crippen LogP contribution in [0.15, 0.2) is 36.4 Å². The Balaban J connectivity index is 2.44. The van der Waals surface area contributed by atoms with Crippen molar-refractivity contribution in [1.29, 1.82) is 5.26 Å². The fourth-order valence-corrected chi connectivity index (χ4v) is 2.04. The second-order valence-electron chi connectivity index (χ2n) is 3.95. The molecule has 1 atom stereocenters. The first-order valence-electron chi connectivity index (χ1n) is 5.65. The van der Waals surface area contributed by atoms with Gasteiger partial charge in [-0.05, 0) is 36.9 Å². The van der Waals surface area contributed by atoms with Gasteiger partial charge in [-0.15, -0.1) is 0 Å². The van der Waals surface area contributed by atoms with Gasteiger partial charge in [0, 0.05) is 0 Å². The quantitative estimate of drug-likeness (QED) is 0.937. The van der Waals surface area contributed by atoms with Gasteiger partial charge in [0.2, 0.25) is 0 Å². The van der Waals surface area contributed by atoms with E-state index >= 15 is 0 Å². The van der Waals surface area contributed by atoms with E-state index < -0.39 is 5.82 Å². The molecule has 0 fully saturated rings. The number of hydrogen-bond donors (Lipinski definition) is 1. The molecule has 96 valence electrons. The van der Waals surface area contributed by atoms with Crippen LogP contribution in [0.2, 0.25) is 5.02 Å². The molecule has 0 aliphatic rings. The number of nitrogens with zero attached hydrogens (tertiary/aromatic N) is 2. The Hall–Kier alpha value is -1.96. The average molecular weight is 276 g/mol.